The Morgan fingerprint density at radius 2 is 1.53 bits per heavy atom. The summed E-state index contributed by atoms with van der Waals surface area (Å²) in [6.45, 7) is 0. The smallest absolute Gasteiger partial charge is 0.376 e. The minimum absolute atomic E-state index is 0. The van der Waals surface area contributed by atoms with E-state index in [1.807, 2.05) is 0 Å². The predicted molar refractivity (Wildman–Crippen MR) is 42.0 cm³/mol. The van der Waals surface area contributed by atoms with E-state index in [1.54, 1.807) is 0 Å². The van der Waals surface area contributed by atoms with Gasteiger partial charge in [-0.3, -0.25) is 0 Å². The van der Waals surface area contributed by atoms with Gasteiger partial charge < -0.3 is 4.18 Å². The summed E-state index contributed by atoms with van der Waals surface area (Å²) in [4.78, 5) is 0. The van der Waals surface area contributed by atoms with Gasteiger partial charge in [-0.1, -0.05) is 18.2 Å². The fourth-order valence-corrected chi connectivity index (χ4v) is 1.11. The van der Waals surface area contributed by atoms with Crippen LogP contribution in [-0.2, 0) is 27.2 Å². The normalized spacial score (nSPS) is 11.7. The summed E-state index contributed by atoms with van der Waals surface area (Å²) in [5.41, 5.74) is -5.40. The second-order valence-electron chi connectivity index (χ2n) is 2.30. The molecule has 1 aromatic carbocycles. The second-order valence-corrected chi connectivity index (χ2v) is 3.83. The maximum Gasteiger partial charge on any atom is 0.534 e. The third-order valence-corrected chi connectivity index (χ3v) is 2.21. The molecular weight excluding hydrogens is 285 g/mol. The van der Waals surface area contributed by atoms with Crippen molar-refractivity contribution in [2.75, 3.05) is 0 Å². The first-order valence-corrected chi connectivity index (χ1v) is 4.79. The Morgan fingerprint density at radius 3 is 1.93 bits per heavy atom. The zero-order chi connectivity index (χ0) is 10.8. The molecule has 1 aromatic rings. The van der Waals surface area contributed by atoms with Crippen molar-refractivity contribution in [2.24, 2.45) is 0 Å². The Bertz CT molecular complexity index is 401. The molecule has 15 heavy (non-hydrogen) atoms. The molecule has 0 spiro atoms. The zero-order valence-corrected chi connectivity index (χ0v) is 8.71. The first-order chi connectivity index (χ1) is 6.33. The Kier molecular flexibility index (Phi) is 4.63. The quantitative estimate of drug-likeness (QED) is 0.474. The summed E-state index contributed by atoms with van der Waals surface area (Å²) in [5, 5.41) is 0. The van der Waals surface area contributed by atoms with Gasteiger partial charge in [-0.15, -0.1) is 0 Å². The van der Waals surface area contributed by atoms with Crippen molar-refractivity contribution in [3.63, 3.8) is 0 Å². The van der Waals surface area contributed by atoms with Gasteiger partial charge in [0, 0.05) is 17.1 Å². The largest absolute Gasteiger partial charge is 0.534 e. The molecule has 1 radical (unpaired) electrons. The van der Waals surface area contributed by atoms with Gasteiger partial charge in [-0.2, -0.15) is 21.6 Å². The fourth-order valence-electron chi connectivity index (χ4n) is 0.650. The molecule has 0 amide bonds. The first-order valence-electron chi connectivity index (χ1n) is 3.39. The van der Waals surface area contributed by atoms with E-state index in [2.05, 4.69) is 4.18 Å². The summed E-state index contributed by atoms with van der Waals surface area (Å²) in [6.07, 6.45) is 0. The van der Waals surface area contributed by atoms with Crippen LogP contribution < -0.4 is 4.18 Å². The molecular formula is C7H5CuF3O3S. The second kappa shape index (κ2) is 4.87. The van der Waals surface area contributed by atoms with Gasteiger partial charge in [0.1, 0.15) is 5.75 Å². The summed E-state index contributed by atoms with van der Waals surface area (Å²) in [5.74, 6) is -0.371. The third kappa shape index (κ3) is 3.73. The summed E-state index contributed by atoms with van der Waals surface area (Å²) in [6, 6.07) is 6.47. The van der Waals surface area contributed by atoms with Crippen LogP contribution in [0.25, 0.3) is 0 Å². The molecule has 0 saturated heterocycles. The molecule has 0 aliphatic carbocycles. The summed E-state index contributed by atoms with van der Waals surface area (Å²) >= 11 is 0. The van der Waals surface area contributed by atoms with Crippen LogP contribution in [0.1, 0.15) is 0 Å². The van der Waals surface area contributed by atoms with Crippen molar-refractivity contribution < 1.29 is 42.8 Å². The third-order valence-electron chi connectivity index (χ3n) is 1.23. The molecule has 0 aliphatic rings. The molecule has 1 rings (SSSR count). The topological polar surface area (TPSA) is 43.4 Å². The van der Waals surface area contributed by atoms with Gasteiger partial charge >= 0.3 is 15.6 Å². The van der Waals surface area contributed by atoms with Gasteiger partial charge in [-0.25, -0.2) is 0 Å². The monoisotopic (exact) mass is 289 g/mol. The van der Waals surface area contributed by atoms with Crippen molar-refractivity contribution in [3.05, 3.63) is 30.3 Å². The van der Waals surface area contributed by atoms with Crippen molar-refractivity contribution in [1.82, 2.24) is 0 Å². The van der Waals surface area contributed by atoms with Crippen molar-refractivity contribution >= 4 is 10.1 Å². The van der Waals surface area contributed by atoms with E-state index in [0.29, 0.717) is 0 Å². The number of benzene rings is 1. The average molecular weight is 290 g/mol. The van der Waals surface area contributed by atoms with E-state index in [4.69, 9.17) is 0 Å². The molecule has 89 valence electrons. The van der Waals surface area contributed by atoms with Gasteiger partial charge in [0.05, 0.1) is 0 Å². The number of hydrogen-bond donors (Lipinski definition) is 0. The van der Waals surface area contributed by atoms with Crippen LogP contribution in [0.3, 0.4) is 0 Å². The van der Waals surface area contributed by atoms with E-state index in [9.17, 15) is 21.6 Å². The van der Waals surface area contributed by atoms with Crippen LogP contribution in [0, 0.1) is 0 Å². The van der Waals surface area contributed by atoms with Gasteiger partial charge in [0.25, 0.3) is 0 Å². The molecule has 0 N–H and O–H groups in total. The minimum atomic E-state index is -5.55. The van der Waals surface area contributed by atoms with Crippen LogP contribution in [0.5, 0.6) is 5.75 Å². The van der Waals surface area contributed by atoms with E-state index < -0.39 is 15.6 Å². The molecule has 0 aromatic heterocycles. The molecule has 0 saturated carbocycles. The van der Waals surface area contributed by atoms with Crippen LogP contribution >= 0.6 is 0 Å². The van der Waals surface area contributed by atoms with Crippen LogP contribution in [0.15, 0.2) is 30.3 Å². The predicted octanol–water partition coefficient (Wildman–Crippen LogP) is 1.91. The molecule has 0 unspecified atom stereocenters. The number of hydrogen-bond acceptors (Lipinski definition) is 3. The van der Waals surface area contributed by atoms with Gasteiger partial charge in [0.15, 0.2) is 0 Å². The Labute approximate surface area is 94.8 Å². The van der Waals surface area contributed by atoms with Crippen LogP contribution in [-0.4, -0.2) is 13.9 Å². The number of halogens is 3. The molecule has 0 fully saturated rings. The molecule has 0 bridgehead atoms. The Morgan fingerprint density at radius 1 is 1.07 bits per heavy atom. The minimum Gasteiger partial charge on any atom is -0.376 e. The van der Waals surface area contributed by atoms with Gasteiger partial charge in [0.2, 0.25) is 0 Å². The number of para-hydroxylation sites is 1. The van der Waals surface area contributed by atoms with Crippen molar-refractivity contribution in [1.29, 1.82) is 0 Å². The number of rotatable bonds is 2. The Hall–Kier alpha value is -0.721. The molecule has 0 aliphatic heterocycles. The zero-order valence-electron chi connectivity index (χ0n) is 6.96. The summed E-state index contributed by atoms with van der Waals surface area (Å²) in [7, 11) is -5.55. The van der Waals surface area contributed by atoms with E-state index >= 15 is 0 Å². The van der Waals surface area contributed by atoms with Crippen LogP contribution in [0.4, 0.5) is 13.2 Å². The maximum atomic E-state index is 11.8. The van der Waals surface area contributed by atoms with Gasteiger partial charge in [-0.05, 0) is 12.1 Å². The standard InChI is InChI=1S/C7H5F3O3S.Cu/c8-7(9,10)14(11,12)13-6-4-2-1-3-5-6;/h1-5H;. The van der Waals surface area contributed by atoms with Crippen LogP contribution in [0.2, 0.25) is 0 Å². The molecule has 3 nitrogen and oxygen atoms in total. The molecule has 0 atom stereocenters. The fraction of sp³-hybridized carbons (Fsp3) is 0.143. The first kappa shape index (κ1) is 14.3. The number of alkyl halides is 3. The average Bonchev–Trinajstić information content (AvgIpc) is 2.03. The SMILES string of the molecule is O=S(=O)(Oc1ccccc1)C(F)(F)F.[Cu]. The van der Waals surface area contributed by atoms with Crippen molar-refractivity contribution in [3.8, 4) is 5.75 Å². The van der Waals surface area contributed by atoms with E-state index in [-0.39, 0.29) is 22.8 Å². The van der Waals surface area contributed by atoms with E-state index in [0.717, 1.165) is 12.1 Å². The molecule has 0 heterocycles. The molecule has 8 heteroatoms. The van der Waals surface area contributed by atoms with E-state index in [1.165, 1.54) is 18.2 Å². The van der Waals surface area contributed by atoms with Crippen molar-refractivity contribution in [2.45, 2.75) is 5.51 Å². The Balaban J connectivity index is 0.00000196. The summed E-state index contributed by atoms with van der Waals surface area (Å²) < 4.78 is 60.2. The maximum absolute atomic E-state index is 11.8.